The molecule has 0 radical (unpaired) electrons. The highest BCUT2D eigenvalue weighted by atomic mass is 16.4. The molecule has 3 fully saturated rings. The number of rotatable bonds is 10. The van der Waals surface area contributed by atoms with Crippen molar-refractivity contribution in [1.29, 1.82) is 0 Å². The molecule has 0 amide bonds. The van der Waals surface area contributed by atoms with Gasteiger partial charge in [-0.15, -0.1) is 0 Å². The predicted molar refractivity (Wildman–Crippen MR) is 129 cm³/mol. The van der Waals surface area contributed by atoms with Crippen molar-refractivity contribution in [3.05, 3.63) is 0 Å². The Morgan fingerprint density at radius 3 is 2.30 bits per heavy atom. The molecule has 2 N–H and O–H groups in total. The summed E-state index contributed by atoms with van der Waals surface area (Å²) in [4.78, 5) is 36.4. The summed E-state index contributed by atoms with van der Waals surface area (Å²) in [5.74, 6) is 1.12. The van der Waals surface area contributed by atoms with Gasteiger partial charge in [-0.25, -0.2) is 0 Å². The van der Waals surface area contributed by atoms with Crippen LogP contribution in [0.15, 0.2) is 0 Å². The summed E-state index contributed by atoms with van der Waals surface area (Å²) in [5.41, 5.74) is -0.441. The van der Waals surface area contributed by atoms with Crippen molar-refractivity contribution in [2.45, 2.75) is 105 Å². The fourth-order valence-electron chi connectivity index (χ4n) is 8.56. The minimum absolute atomic E-state index is 0.00645. The van der Waals surface area contributed by atoms with E-state index in [0.29, 0.717) is 30.6 Å². The van der Waals surface area contributed by atoms with Crippen molar-refractivity contribution in [3.63, 3.8) is 0 Å². The van der Waals surface area contributed by atoms with Crippen LogP contribution in [0.2, 0.25) is 0 Å². The first-order valence-corrected chi connectivity index (χ1v) is 13.4. The van der Waals surface area contributed by atoms with Gasteiger partial charge in [0.25, 0.3) is 0 Å². The molecule has 0 aromatic carbocycles. The Balaban J connectivity index is 1.87. The van der Waals surface area contributed by atoms with E-state index in [9.17, 15) is 24.6 Å². The van der Waals surface area contributed by atoms with Gasteiger partial charge in [-0.1, -0.05) is 53.9 Å². The zero-order valence-corrected chi connectivity index (χ0v) is 21.4. The lowest BCUT2D eigenvalue weighted by Gasteiger charge is -2.58. The SMILES string of the molecule is CC(C)CCCC(C)C1CCC2C3C(CC(=O)O)CC(=O)[C@](C)(CCC(=O)O)C3CCC12C. The van der Waals surface area contributed by atoms with Crippen molar-refractivity contribution in [2.24, 2.45) is 52.3 Å². The van der Waals surface area contributed by atoms with E-state index in [0.717, 1.165) is 25.2 Å². The van der Waals surface area contributed by atoms with Crippen LogP contribution in [0.5, 0.6) is 0 Å². The minimum Gasteiger partial charge on any atom is -0.481 e. The molecule has 5 heteroatoms. The topological polar surface area (TPSA) is 91.7 Å². The lowest BCUT2D eigenvalue weighted by atomic mass is 9.45. The number of carbonyl (C=O) groups is 3. The molecule has 8 atom stereocenters. The van der Waals surface area contributed by atoms with E-state index in [2.05, 4.69) is 27.7 Å². The molecular weight excluding hydrogens is 416 g/mol. The number of hydrogen-bond acceptors (Lipinski definition) is 3. The summed E-state index contributed by atoms with van der Waals surface area (Å²) in [5, 5.41) is 19.0. The van der Waals surface area contributed by atoms with Crippen LogP contribution in [0.25, 0.3) is 0 Å². The molecule has 3 aliphatic carbocycles. The molecule has 7 unspecified atom stereocenters. The van der Waals surface area contributed by atoms with Crippen LogP contribution in [-0.4, -0.2) is 27.9 Å². The van der Waals surface area contributed by atoms with Crippen LogP contribution in [0.4, 0.5) is 0 Å². The summed E-state index contributed by atoms with van der Waals surface area (Å²) in [6.45, 7) is 11.4. The smallest absolute Gasteiger partial charge is 0.303 e. The standard InChI is InChI=1S/C28H46O5/c1-17(2)7-6-8-18(3)20-9-10-21-26-19(16-25(32)33)15-23(29)28(5,14-12-24(30)31)22(26)11-13-27(20,21)4/h17-22,26H,6-16H2,1-5H3,(H,30,31)(H,32,33)/t18?,19?,20?,21?,22?,26?,27?,28-/m1/s1. The van der Waals surface area contributed by atoms with Crippen LogP contribution < -0.4 is 0 Å². The Bertz CT molecular complexity index is 745. The van der Waals surface area contributed by atoms with Gasteiger partial charge in [-0.05, 0) is 78.9 Å². The number of carboxylic acids is 2. The first kappa shape index (κ1) is 26.2. The number of carboxylic acid groups (broad SMARTS) is 2. The fourth-order valence-corrected chi connectivity index (χ4v) is 8.56. The van der Waals surface area contributed by atoms with Gasteiger partial charge in [0, 0.05) is 24.7 Å². The van der Waals surface area contributed by atoms with Crippen LogP contribution in [0, 0.1) is 52.3 Å². The average Bonchev–Trinajstić information content (AvgIpc) is 3.06. The van der Waals surface area contributed by atoms with Crippen LogP contribution in [-0.2, 0) is 14.4 Å². The molecule has 5 nitrogen and oxygen atoms in total. The van der Waals surface area contributed by atoms with E-state index in [-0.39, 0.29) is 41.8 Å². The predicted octanol–water partition coefficient (Wildman–Crippen LogP) is 6.44. The zero-order chi connectivity index (χ0) is 24.6. The highest BCUT2D eigenvalue weighted by molar-refractivity contribution is 5.87. The summed E-state index contributed by atoms with van der Waals surface area (Å²) >= 11 is 0. The van der Waals surface area contributed by atoms with Gasteiger partial charge < -0.3 is 10.2 Å². The number of carbonyl (C=O) groups excluding carboxylic acids is 1. The van der Waals surface area contributed by atoms with Crippen molar-refractivity contribution in [2.75, 3.05) is 0 Å². The van der Waals surface area contributed by atoms with E-state index in [1.54, 1.807) is 0 Å². The third-order valence-electron chi connectivity index (χ3n) is 10.3. The Morgan fingerprint density at radius 1 is 1.00 bits per heavy atom. The normalized spacial score (nSPS) is 39.2. The lowest BCUT2D eigenvalue weighted by Crippen LogP contribution is -2.56. The Morgan fingerprint density at radius 2 is 1.70 bits per heavy atom. The summed E-state index contributed by atoms with van der Waals surface area (Å²) in [6, 6.07) is 0. The molecule has 188 valence electrons. The molecule has 0 aromatic heterocycles. The highest BCUT2D eigenvalue weighted by Crippen LogP contribution is 2.67. The van der Waals surface area contributed by atoms with Gasteiger partial charge in [-0.2, -0.15) is 0 Å². The Hall–Kier alpha value is -1.39. The number of aliphatic carboxylic acids is 2. The molecule has 0 bridgehead atoms. The second kappa shape index (κ2) is 10.1. The summed E-state index contributed by atoms with van der Waals surface area (Å²) < 4.78 is 0. The molecule has 33 heavy (non-hydrogen) atoms. The number of hydrogen-bond donors (Lipinski definition) is 2. The Kier molecular flexibility index (Phi) is 8.01. The zero-order valence-electron chi connectivity index (χ0n) is 21.4. The van der Waals surface area contributed by atoms with E-state index < -0.39 is 17.4 Å². The maximum atomic E-state index is 13.3. The second-order valence-electron chi connectivity index (χ2n) is 12.6. The van der Waals surface area contributed by atoms with Gasteiger partial charge >= 0.3 is 11.9 Å². The van der Waals surface area contributed by atoms with Gasteiger partial charge in [0.15, 0.2) is 0 Å². The third kappa shape index (κ3) is 5.17. The van der Waals surface area contributed by atoms with Gasteiger partial charge in [0.05, 0.1) is 0 Å². The minimum atomic E-state index is -0.856. The van der Waals surface area contributed by atoms with E-state index in [4.69, 9.17) is 0 Å². The molecular formula is C28H46O5. The number of Topliss-reactive ketones (excluding diaryl/α,β-unsaturated/α-hetero) is 1. The lowest BCUT2D eigenvalue weighted by molar-refractivity contribution is -0.158. The molecule has 0 aliphatic heterocycles. The summed E-state index contributed by atoms with van der Waals surface area (Å²) in [6.07, 6.45) is 8.85. The fraction of sp³-hybridized carbons (Fsp3) is 0.893. The quantitative estimate of drug-likeness (QED) is 0.390. The third-order valence-corrected chi connectivity index (χ3v) is 10.3. The number of fused-ring (bicyclic) bond motifs is 3. The summed E-state index contributed by atoms with van der Waals surface area (Å²) in [7, 11) is 0. The molecule has 3 saturated carbocycles. The molecule has 0 aromatic rings. The second-order valence-corrected chi connectivity index (χ2v) is 12.6. The average molecular weight is 463 g/mol. The van der Waals surface area contributed by atoms with Gasteiger partial charge in [0.1, 0.15) is 5.78 Å². The van der Waals surface area contributed by atoms with E-state index in [1.165, 1.54) is 25.7 Å². The molecule has 0 heterocycles. The maximum Gasteiger partial charge on any atom is 0.303 e. The maximum absolute atomic E-state index is 13.3. The van der Waals surface area contributed by atoms with Crippen molar-refractivity contribution in [3.8, 4) is 0 Å². The molecule has 0 saturated heterocycles. The van der Waals surface area contributed by atoms with Gasteiger partial charge in [0.2, 0.25) is 0 Å². The van der Waals surface area contributed by atoms with Crippen molar-refractivity contribution < 1.29 is 24.6 Å². The van der Waals surface area contributed by atoms with Crippen molar-refractivity contribution in [1.82, 2.24) is 0 Å². The molecule has 0 spiro atoms. The van der Waals surface area contributed by atoms with Crippen LogP contribution >= 0.6 is 0 Å². The van der Waals surface area contributed by atoms with Crippen LogP contribution in [0.1, 0.15) is 105 Å². The van der Waals surface area contributed by atoms with Gasteiger partial charge in [-0.3, -0.25) is 14.4 Å². The first-order valence-electron chi connectivity index (χ1n) is 13.4. The van der Waals surface area contributed by atoms with Crippen molar-refractivity contribution >= 4 is 17.7 Å². The largest absolute Gasteiger partial charge is 0.481 e. The van der Waals surface area contributed by atoms with Crippen LogP contribution in [0.3, 0.4) is 0 Å². The monoisotopic (exact) mass is 462 g/mol. The van der Waals surface area contributed by atoms with E-state index >= 15 is 0 Å². The Labute approximate surface area is 200 Å². The van der Waals surface area contributed by atoms with E-state index in [1.807, 2.05) is 6.92 Å². The molecule has 3 aliphatic rings. The number of ketones is 1. The molecule has 3 rings (SSSR count). The first-order chi connectivity index (χ1) is 15.4. The highest BCUT2D eigenvalue weighted by Gasteiger charge is 2.62.